The molecule has 0 atom stereocenters. The first-order chi connectivity index (χ1) is 7.22. The van der Waals surface area contributed by atoms with Crippen LogP contribution < -0.4 is 0 Å². The average molecular weight is 206 g/mol. The summed E-state index contributed by atoms with van der Waals surface area (Å²) in [4.78, 5) is 0. The predicted molar refractivity (Wildman–Crippen MR) is 55.3 cm³/mol. The van der Waals surface area contributed by atoms with Gasteiger partial charge in [0.2, 0.25) is 0 Å². The summed E-state index contributed by atoms with van der Waals surface area (Å²) in [7, 11) is 0. The van der Waals surface area contributed by atoms with E-state index in [1.165, 1.54) is 0 Å². The second kappa shape index (κ2) is 3.92. The van der Waals surface area contributed by atoms with Crippen LogP contribution in [0, 0.1) is 5.92 Å². The van der Waals surface area contributed by atoms with Crippen molar-refractivity contribution in [2.75, 3.05) is 0 Å². The van der Waals surface area contributed by atoms with Gasteiger partial charge in [0, 0.05) is 0 Å². The standard InChI is InChI=1S/C10H14N4O/c1-4-7-9-10(14-15-13-9)8(12-11-7)5-6(2)3/h6H,4-5H2,1-3H3. The Bertz CT molecular complexity index is 463. The average Bonchev–Trinajstić information content (AvgIpc) is 2.66. The lowest BCUT2D eigenvalue weighted by atomic mass is 10.1. The van der Waals surface area contributed by atoms with E-state index < -0.39 is 0 Å². The van der Waals surface area contributed by atoms with Crippen molar-refractivity contribution >= 4 is 11.0 Å². The monoisotopic (exact) mass is 206 g/mol. The molecule has 0 saturated carbocycles. The summed E-state index contributed by atoms with van der Waals surface area (Å²) >= 11 is 0. The van der Waals surface area contributed by atoms with E-state index in [0.29, 0.717) is 5.92 Å². The van der Waals surface area contributed by atoms with E-state index in [-0.39, 0.29) is 0 Å². The maximum atomic E-state index is 4.75. The van der Waals surface area contributed by atoms with Crippen molar-refractivity contribution in [3.05, 3.63) is 11.4 Å². The van der Waals surface area contributed by atoms with Gasteiger partial charge in [-0.1, -0.05) is 20.8 Å². The highest BCUT2D eigenvalue weighted by Crippen LogP contribution is 2.17. The van der Waals surface area contributed by atoms with Crippen LogP contribution in [0.5, 0.6) is 0 Å². The molecule has 2 heterocycles. The molecule has 0 bridgehead atoms. The minimum atomic E-state index is 0.520. The molecule has 5 heteroatoms. The molecule has 0 amide bonds. The summed E-state index contributed by atoms with van der Waals surface area (Å²) in [6.07, 6.45) is 1.64. The zero-order valence-electron chi connectivity index (χ0n) is 9.19. The molecule has 2 aromatic rings. The Morgan fingerprint density at radius 1 is 1.07 bits per heavy atom. The quantitative estimate of drug-likeness (QED) is 0.765. The Balaban J connectivity index is 2.53. The fourth-order valence-corrected chi connectivity index (χ4v) is 1.55. The molecule has 0 aromatic carbocycles. The van der Waals surface area contributed by atoms with Crippen LogP contribution in [0.25, 0.3) is 11.0 Å². The van der Waals surface area contributed by atoms with Crippen molar-refractivity contribution in [3.8, 4) is 0 Å². The second-order valence-corrected chi connectivity index (χ2v) is 4.01. The van der Waals surface area contributed by atoms with Gasteiger partial charge in [-0.25, -0.2) is 4.63 Å². The van der Waals surface area contributed by atoms with Gasteiger partial charge in [-0.05, 0) is 29.1 Å². The van der Waals surface area contributed by atoms with Gasteiger partial charge < -0.3 is 0 Å². The summed E-state index contributed by atoms with van der Waals surface area (Å²) in [5.74, 6) is 0.520. The Kier molecular flexibility index (Phi) is 2.62. The zero-order chi connectivity index (χ0) is 10.8. The molecule has 0 aliphatic rings. The van der Waals surface area contributed by atoms with Gasteiger partial charge in [0.05, 0.1) is 11.4 Å². The van der Waals surface area contributed by atoms with E-state index in [1.54, 1.807) is 0 Å². The van der Waals surface area contributed by atoms with Crippen LogP contribution in [0.3, 0.4) is 0 Å². The summed E-state index contributed by atoms with van der Waals surface area (Å²) in [5, 5.41) is 16.1. The predicted octanol–water partition coefficient (Wildman–Crippen LogP) is 1.77. The number of nitrogens with zero attached hydrogens (tertiary/aromatic N) is 4. The maximum absolute atomic E-state index is 4.75. The normalized spacial score (nSPS) is 11.5. The number of hydrogen-bond acceptors (Lipinski definition) is 5. The molecule has 0 fully saturated rings. The molecule has 0 saturated heterocycles. The highest BCUT2D eigenvalue weighted by Gasteiger charge is 2.14. The Morgan fingerprint density at radius 3 is 2.27 bits per heavy atom. The summed E-state index contributed by atoms with van der Waals surface area (Å²) < 4.78 is 4.75. The van der Waals surface area contributed by atoms with Crippen molar-refractivity contribution in [1.82, 2.24) is 20.5 Å². The number of rotatable bonds is 3. The first-order valence-electron chi connectivity index (χ1n) is 5.19. The first kappa shape index (κ1) is 10.0. The van der Waals surface area contributed by atoms with E-state index in [0.717, 1.165) is 35.3 Å². The molecule has 5 nitrogen and oxygen atoms in total. The number of fused-ring (bicyclic) bond motifs is 1. The third-order valence-corrected chi connectivity index (χ3v) is 2.26. The van der Waals surface area contributed by atoms with E-state index in [1.807, 2.05) is 6.92 Å². The van der Waals surface area contributed by atoms with Crippen molar-refractivity contribution in [2.24, 2.45) is 5.92 Å². The van der Waals surface area contributed by atoms with Gasteiger partial charge in [-0.3, -0.25) is 0 Å². The second-order valence-electron chi connectivity index (χ2n) is 4.01. The van der Waals surface area contributed by atoms with Gasteiger partial charge in [-0.2, -0.15) is 10.2 Å². The lowest BCUT2D eigenvalue weighted by Gasteiger charge is -2.03. The van der Waals surface area contributed by atoms with Gasteiger partial charge >= 0.3 is 0 Å². The molecule has 0 aliphatic carbocycles. The highest BCUT2D eigenvalue weighted by atomic mass is 16.6. The Morgan fingerprint density at radius 2 is 1.67 bits per heavy atom. The van der Waals surface area contributed by atoms with Gasteiger partial charge in [0.15, 0.2) is 11.0 Å². The number of aryl methyl sites for hydroxylation is 1. The van der Waals surface area contributed by atoms with E-state index in [9.17, 15) is 0 Å². The molecule has 0 radical (unpaired) electrons. The first-order valence-corrected chi connectivity index (χ1v) is 5.19. The Labute approximate surface area is 87.8 Å². The van der Waals surface area contributed by atoms with E-state index in [4.69, 9.17) is 4.63 Å². The lowest BCUT2D eigenvalue weighted by Crippen LogP contribution is -2.03. The smallest absolute Gasteiger partial charge is 0.160 e. The Hall–Kier alpha value is -1.52. The van der Waals surface area contributed by atoms with Crippen LogP contribution in [0.1, 0.15) is 32.2 Å². The minimum absolute atomic E-state index is 0.520. The third kappa shape index (κ3) is 1.82. The van der Waals surface area contributed by atoms with Crippen molar-refractivity contribution in [3.63, 3.8) is 0 Å². The third-order valence-electron chi connectivity index (χ3n) is 2.26. The summed E-state index contributed by atoms with van der Waals surface area (Å²) in [6, 6.07) is 0. The van der Waals surface area contributed by atoms with Crippen LogP contribution in [0.15, 0.2) is 4.63 Å². The van der Waals surface area contributed by atoms with E-state index in [2.05, 4.69) is 34.4 Å². The van der Waals surface area contributed by atoms with Crippen LogP contribution in [0.4, 0.5) is 0 Å². The van der Waals surface area contributed by atoms with Gasteiger partial charge in [0.25, 0.3) is 0 Å². The van der Waals surface area contributed by atoms with Crippen LogP contribution >= 0.6 is 0 Å². The maximum Gasteiger partial charge on any atom is 0.160 e. The fraction of sp³-hybridized carbons (Fsp3) is 0.600. The number of aromatic nitrogens is 4. The molecular weight excluding hydrogens is 192 g/mol. The molecule has 80 valence electrons. The molecule has 2 rings (SSSR count). The largest absolute Gasteiger partial charge is 0.243 e. The topological polar surface area (TPSA) is 64.7 Å². The highest BCUT2D eigenvalue weighted by molar-refractivity contribution is 5.77. The number of hydrogen-bond donors (Lipinski definition) is 0. The SMILES string of the molecule is CCc1nnc(CC(C)C)c2nonc12. The minimum Gasteiger partial charge on any atom is -0.243 e. The van der Waals surface area contributed by atoms with Gasteiger partial charge in [0.1, 0.15) is 0 Å². The summed E-state index contributed by atoms with van der Waals surface area (Å²) in [5.41, 5.74) is 3.23. The van der Waals surface area contributed by atoms with Crippen molar-refractivity contribution in [1.29, 1.82) is 0 Å². The van der Waals surface area contributed by atoms with Crippen molar-refractivity contribution in [2.45, 2.75) is 33.6 Å². The van der Waals surface area contributed by atoms with Crippen LogP contribution in [-0.2, 0) is 12.8 Å². The molecule has 2 aromatic heterocycles. The molecular formula is C10H14N4O. The molecule has 15 heavy (non-hydrogen) atoms. The molecule has 0 unspecified atom stereocenters. The fourth-order valence-electron chi connectivity index (χ4n) is 1.55. The zero-order valence-corrected chi connectivity index (χ0v) is 9.19. The molecule has 0 N–H and O–H groups in total. The summed E-state index contributed by atoms with van der Waals surface area (Å²) in [6.45, 7) is 6.28. The van der Waals surface area contributed by atoms with Gasteiger partial charge in [-0.15, -0.1) is 0 Å². The molecule has 0 aliphatic heterocycles. The molecule has 0 spiro atoms. The van der Waals surface area contributed by atoms with Crippen LogP contribution in [-0.4, -0.2) is 20.5 Å². The van der Waals surface area contributed by atoms with E-state index >= 15 is 0 Å². The van der Waals surface area contributed by atoms with Crippen LogP contribution in [0.2, 0.25) is 0 Å². The lowest BCUT2D eigenvalue weighted by molar-refractivity contribution is 0.315. The van der Waals surface area contributed by atoms with Crippen molar-refractivity contribution < 1.29 is 4.63 Å².